The van der Waals surface area contributed by atoms with E-state index in [1.165, 1.54) is 4.88 Å². The van der Waals surface area contributed by atoms with Gasteiger partial charge >= 0.3 is 11.9 Å². The van der Waals surface area contributed by atoms with Gasteiger partial charge in [0, 0.05) is 28.3 Å². The molecule has 5 nitrogen and oxygen atoms in total. The topological polar surface area (TPSA) is 101 Å². The predicted molar refractivity (Wildman–Crippen MR) is 79.1 cm³/mol. The molecule has 0 amide bonds. The van der Waals surface area contributed by atoms with E-state index in [9.17, 15) is 9.59 Å². The van der Waals surface area contributed by atoms with E-state index in [-0.39, 0.29) is 12.8 Å². The van der Waals surface area contributed by atoms with Crippen LogP contribution in [-0.2, 0) is 22.4 Å². The molecular formula is C14H21NO4S. The van der Waals surface area contributed by atoms with Gasteiger partial charge < -0.3 is 15.9 Å². The summed E-state index contributed by atoms with van der Waals surface area (Å²) in [5, 5.41) is 17.1. The maximum atomic E-state index is 10.5. The molecule has 112 valence electrons. The van der Waals surface area contributed by atoms with Crippen molar-refractivity contribution in [3.8, 4) is 0 Å². The molecule has 0 saturated heterocycles. The van der Waals surface area contributed by atoms with E-state index in [1.54, 1.807) is 11.3 Å². The number of hydrogen-bond donors (Lipinski definition) is 3. The summed E-state index contributed by atoms with van der Waals surface area (Å²) in [6.07, 6.45) is 5.20. The number of nitrogen functional groups attached to an aromatic ring is 1. The quantitative estimate of drug-likeness (QED) is 0.577. The molecule has 0 aliphatic heterocycles. The lowest BCUT2D eigenvalue weighted by Crippen LogP contribution is -1.96. The number of nitrogens with two attached hydrogens (primary N) is 1. The maximum Gasteiger partial charge on any atom is 0.303 e. The van der Waals surface area contributed by atoms with E-state index in [2.05, 4.69) is 0 Å². The van der Waals surface area contributed by atoms with E-state index in [4.69, 9.17) is 15.9 Å². The van der Waals surface area contributed by atoms with Crippen molar-refractivity contribution in [3.63, 3.8) is 0 Å². The van der Waals surface area contributed by atoms with Crippen molar-refractivity contribution < 1.29 is 19.8 Å². The largest absolute Gasteiger partial charge is 0.481 e. The standard InChI is InChI=1S/C14H21NO4S/c15-11-9-10(5-2-1-3-7-13(16)17)20-12(11)6-4-8-14(18)19/h9H,1-8,15H2,(H,16,17)(H,18,19). The minimum atomic E-state index is -0.779. The lowest BCUT2D eigenvalue weighted by atomic mass is 10.1. The molecule has 0 fully saturated rings. The van der Waals surface area contributed by atoms with E-state index >= 15 is 0 Å². The van der Waals surface area contributed by atoms with Crippen LogP contribution < -0.4 is 5.73 Å². The number of hydrogen-bond acceptors (Lipinski definition) is 4. The highest BCUT2D eigenvalue weighted by Gasteiger charge is 2.07. The van der Waals surface area contributed by atoms with Crippen molar-refractivity contribution in [1.29, 1.82) is 0 Å². The second kappa shape index (κ2) is 8.58. The third-order valence-electron chi connectivity index (χ3n) is 3.00. The number of unbranched alkanes of at least 4 members (excludes halogenated alkanes) is 2. The van der Waals surface area contributed by atoms with Gasteiger partial charge in [0.2, 0.25) is 0 Å². The molecule has 20 heavy (non-hydrogen) atoms. The van der Waals surface area contributed by atoms with E-state index in [1.807, 2.05) is 6.07 Å². The van der Waals surface area contributed by atoms with Crippen LogP contribution in [0.2, 0.25) is 0 Å². The minimum absolute atomic E-state index is 0.169. The lowest BCUT2D eigenvalue weighted by Gasteiger charge is -1.98. The predicted octanol–water partition coefficient (Wildman–Crippen LogP) is 2.93. The molecule has 0 aromatic carbocycles. The first-order chi connectivity index (χ1) is 9.49. The number of aliphatic carboxylic acids is 2. The average Bonchev–Trinajstić information content (AvgIpc) is 2.69. The first kappa shape index (κ1) is 16.5. The molecule has 0 aliphatic carbocycles. The van der Waals surface area contributed by atoms with Crippen molar-refractivity contribution >= 4 is 29.0 Å². The number of carbonyl (C=O) groups is 2. The van der Waals surface area contributed by atoms with E-state index in [0.717, 1.165) is 29.8 Å². The average molecular weight is 299 g/mol. The van der Waals surface area contributed by atoms with Crippen LogP contribution in [0.4, 0.5) is 5.69 Å². The Balaban J connectivity index is 2.29. The minimum Gasteiger partial charge on any atom is -0.481 e. The Kier molecular flexibility index (Phi) is 7.08. The van der Waals surface area contributed by atoms with Crippen molar-refractivity contribution in [1.82, 2.24) is 0 Å². The molecule has 0 spiro atoms. The van der Waals surface area contributed by atoms with Crippen LogP contribution in [0.15, 0.2) is 6.07 Å². The zero-order chi connectivity index (χ0) is 15.0. The second-order valence-electron chi connectivity index (χ2n) is 4.79. The van der Waals surface area contributed by atoms with Gasteiger partial charge in [-0.15, -0.1) is 11.3 Å². The Morgan fingerprint density at radius 2 is 1.65 bits per heavy atom. The van der Waals surface area contributed by atoms with Gasteiger partial charge in [-0.2, -0.15) is 0 Å². The molecule has 0 atom stereocenters. The molecule has 1 heterocycles. The molecule has 1 aromatic rings. The zero-order valence-corrected chi connectivity index (χ0v) is 12.2. The van der Waals surface area contributed by atoms with Gasteiger partial charge in [-0.1, -0.05) is 6.42 Å². The molecule has 1 aromatic heterocycles. The van der Waals surface area contributed by atoms with Crippen LogP contribution >= 0.6 is 11.3 Å². The van der Waals surface area contributed by atoms with Crippen molar-refractivity contribution in [2.75, 3.05) is 5.73 Å². The SMILES string of the molecule is Nc1cc(CCCCCC(=O)O)sc1CCCC(=O)O. The molecular weight excluding hydrogens is 278 g/mol. The molecule has 0 radical (unpaired) electrons. The monoisotopic (exact) mass is 299 g/mol. The third kappa shape index (κ3) is 6.56. The summed E-state index contributed by atoms with van der Waals surface area (Å²) in [4.78, 5) is 23.1. The molecule has 1 rings (SSSR count). The molecule has 0 unspecified atom stereocenters. The van der Waals surface area contributed by atoms with Gasteiger partial charge in [0.1, 0.15) is 0 Å². The molecule has 0 bridgehead atoms. The number of anilines is 1. The van der Waals surface area contributed by atoms with Gasteiger partial charge in [0.15, 0.2) is 0 Å². The van der Waals surface area contributed by atoms with Crippen LogP contribution in [0.5, 0.6) is 0 Å². The highest BCUT2D eigenvalue weighted by atomic mass is 32.1. The smallest absolute Gasteiger partial charge is 0.303 e. The first-order valence-electron chi connectivity index (χ1n) is 6.79. The molecule has 0 aliphatic rings. The number of carboxylic acids is 2. The van der Waals surface area contributed by atoms with E-state index < -0.39 is 11.9 Å². The van der Waals surface area contributed by atoms with E-state index in [0.29, 0.717) is 19.3 Å². The van der Waals surface area contributed by atoms with Gasteiger partial charge in [-0.3, -0.25) is 9.59 Å². The number of aryl methyl sites for hydroxylation is 2. The number of rotatable bonds is 10. The fourth-order valence-electron chi connectivity index (χ4n) is 1.97. The van der Waals surface area contributed by atoms with Crippen LogP contribution in [0, 0.1) is 0 Å². The third-order valence-corrected chi connectivity index (χ3v) is 4.27. The lowest BCUT2D eigenvalue weighted by molar-refractivity contribution is -0.138. The van der Waals surface area contributed by atoms with Gasteiger partial charge in [0.05, 0.1) is 0 Å². The van der Waals surface area contributed by atoms with Crippen LogP contribution in [0.25, 0.3) is 0 Å². The molecule has 4 N–H and O–H groups in total. The normalized spacial score (nSPS) is 10.6. The number of thiophene rings is 1. The Morgan fingerprint density at radius 3 is 2.30 bits per heavy atom. The molecule has 6 heteroatoms. The number of carboxylic acid groups (broad SMARTS) is 2. The van der Waals surface area contributed by atoms with Crippen molar-refractivity contribution in [2.24, 2.45) is 0 Å². The Hall–Kier alpha value is -1.56. The van der Waals surface area contributed by atoms with Crippen LogP contribution in [0.1, 0.15) is 48.3 Å². The molecule has 0 saturated carbocycles. The summed E-state index contributed by atoms with van der Waals surface area (Å²) < 4.78 is 0. The highest BCUT2D eigenvalue weighted by Crippen LogP contribution is 2.27. The zero-order valence-electron chi connectivity index (χ0n) is 11.4. The van der Waals surface area contributed by atoms with Crippen LogP contribution in [0.3, 0.4) is 0 Å². The summed E-state index contributed by atoms with van der Waals surface area (Å²) in [5.41, 5.74) is 6.66. The van der Waals surface area contributed by atoms with Gasteiger partial charge in [-0.05, 0) is 38.2 Å². The Labute approximate surface area is 122 Å². The highest BCUT2D eigenvalue weighted by molar-refractivity contribution is 7.12. The summed E-state index contributed by atoms with van der Waals surface area (Å²) in [5.74, 6) is -1.52. The first-order valence-corrected chi connectivity index (χ1v) is 7.61. The summed E-state index contributed by atoms with van der Waals surface area (Å²) in [7, 11) is 0. The summed E-state index contributed by atoms with van der Waals surface area (Å²) in [6, 6.07) is 1.96. The van der Waals surface area contributed by atoms with Gasteiger partial charge in [0.25, 0.3) is 0 Å². The second-order valence-corrected chi connectivity index (χ2v) is 6.01. The van der Waals surface area contributed by atoms with Crippen molar-refractivity contribution in [3.05, 3.63) is 15.8 Å². The summed E-state index contributed by atoms with van der Waals surface area (Å²) >= 11 is 1.64. The fraction of sp³-hybridized carbons (Fsp3) is 0.571. The Morgan fingerprint density at radius 1 is 1.00 bits per heavy atom. The van der Waals surface area contributed by atoms with Crippen LogP contribution in [-0.4, -0.2) is 22.2 Å². The van der Waals surface area contributed by atoms with Gasteiger partial charge in [-0.25, -0.2) is 0 Å². The Bertz CT molecular complexity index is 456. The maximum absolute atomic E-state index is 10.5. The summed E-state index contributed by atoms with van der Waals surface area (Å²) in [6.45, 7) is 0. The fourth-order valence-corrected chi connectivity index (χ4v) is 3.14. The van der Waals surface area contributed by atoms with Crippen molar-refractivity contribution in [2.45, 2.75) is 51.4 Å².